The first-order chi connectivity index (χ1) is 8.16. The fourth-order valence-corrected chi connectivity index (χ4v) is 1.46. The van der Waals surface area contributed by atoms with Crippen LogP contribution in [0.15, 0.2) is 30.5 Å². The smallest absolute Gasteiger partial charge is 0.254 e. The van der Waals surface area contributed by atoms with E-state index in [1.54, 1.807) is 25.3 Å². The molecule has 0 bridgehead atoms. The number of benzene rings is 1. The van der Waals surface area contributed by atoms with Gasteiger partial charge in [0.2, 0.25) is 0 Å². The Morgan fingerprint density at radius 2 is 2.29 bits per heavy atom. The summed E-state index contributed by atoms with van der Waals surface area (Å²) in [4.78, 5) is 11.7. The normalized spacial score (nSPS) is 10.2. The lowest BCUT2D eigenvalue weighted by atomic mass is 10.1. The van der Waals surface area contributed by atoms with Crippen LogP contribution in [-0.2, 0) is 6.54 Å². The molecule has 0 fully saturated rings. The van der Waals surface area contributed by atoms with Crippen LogP contribution in [-0.4, -0.2) is 16.1 Å². The maximum absolute atomic E-state index is 13.5. The van der Waals surface area contributed by atoms with Crippen LogP contribution in [0.2, 0.25) is 0 Å². The number of halogens is 1. The molecular weight excluding hydrogens is 221 g/mol. The number of amides is 1. The summed E-state index contributed by atoms with van der Waals surface area (Å²) in [5.74, 6) is -0.941. The third-order valence-corrected chi connectivity index (χ3v) is 2.37. The van der Waals surface area contributed by atoms with Crippen molar-refractivity contribution in [2.75, 3.05) is 0 Å². The molecule has 2 N–H and O–H groups in total. The van der Waals surface area contributed by atoms with Gasteiger partial charge >= 0.3 is 0 Å². The van der Waals surface area contributed by atoms with Crippen molar-refractivity contribution in [3.8, 4) is 0 Å². The molecule has 1 amide bonds. The summed E-state index contributed by atoms with van der Waals surface area (Å²) in [7, 11) is 0. The molecule has 1 aromatic heterocycles. The Labute approximate surface area is 97.9 Å². The topological polar surface area (TPSA) is 57.8 Å². The van der Waals surface area contributed by atoms with Crippen molar-refractivity contribution in [1.82, 2.24) is 15.5 Å². The van der Waals surface area contributed by atoms with Gasteiger partial charge in [-0.25, -0.2) is 4.39 Å². The van der Waals surface area contributed by atoms with Gasteiger partial charge in [0.25, 0.3) is 5.91 Å². The van der Waals surface area contributed by atoms with Gasteiger partial charge in [-0.2, -0.15) is 5.10 Å². The number of carbonyl (C=O) groups excluding carboxylic acids is 1. The van der Waals surface area contributed by atoms with Crippen LogP contribution in [0.1, 0.15) is 21.6 Å². The van der Waals surface area contributed by atoms with Gasteiger partial charge in [0.1, 0.15) is 5.82 Å². The second-order valence-electron chi connectivity index (χ2n) is 3.75. The Hall–Kier alpha value is -2.17. The maximum Gasteiger partial charge on any atom is 0.254 e. The standard InChI is InChI=1S/C12H12FN3O/c1-8-2-3-10(11(13)6-8)12(17)14-7-9-4-5-15-16-9/h2-6H,7H2,1H3,(H,14,17)(H,15,16). The highest BCUT2D eigenvalue weighted by molar-refractivity contribution is 5.94. The van der Waals surface area contributed by atoms with Gasteiger partial charge in [-0.1, -0.05) is 6.07 Å². The van der Waals surface area contributed by atoms with Gasteiger partial charge < -0.3 is 5.32 Å². The highest BCUT2D eigenvalue weighted by Gasteiger charge is 2.11. The zero-order chi connectivity index (χ0) is 12.3. The highest BCUT2D eigenvalue weighted by Crippen LogP contribution is 2.09. The van der Waals surface area contributed by atoms with Gasteiger partial charge in [-0.05, 0) is 30.7 Å². The molecule has 0 spiro atoms. The number of rotatable bonds is 3. The van der Waals surface area contributed by atoms with Crippen molar-refractivity contribution in [1.29, 1.82) is 0 Å². The third-order valence-electron chi connectivity index (χ3n) is 2.37. The summed E-state index contributed by atoms with van der Waals surface area (Å²) >= 11 is 0. The van der Waals surface area contributed by atoms with E-state index in [1.165, 1.54) is 12.1 Å². The zero-order valence-corrected chi connectivity index (χ0v) is 9.33. The Morgan fingerprint density at radius 1 is 1.47 bits per heavy atom. The molecule has 0 atom stereocenters. The quantitative estimate of drug-likeness (QED) is 0.849. The molecule has 1 aromatic carbocycles. The zero-order valence-electron chi connectivity index (χ0n) is 9.33. The lowest BCUT2D eigenvalue weighted by Crippen LogP contribution is -2.24. The van der Waals surface area contributed by atoms with E-state index in [9.17, 15) is 9.18 Å². The number of aromatic amines is 1. The largest absolute Gasteiger partial charge is 0.346 e. The van der Waals surface area contributed by atoms with Crippen LogP contribution in [0, 0.1) is 12.7 Å². The number of nitrogens with one attached hydrogen (secondary N) is 2. The number of nitrogens with zero attached hydrogens (tertiary/aromatic N) is 1. The van der Waals surface area contributed by atoms with Crippen LogP contribution in [0.25, 0.3) is 0 Å². The minimum absolute atomic E-state index is 0.0510. The molecule has 0 unspecified atom stereocenters. The Morgan fingerprint density at radius 3 is 2.94 bits per heavy atom. The molecule has 17 heavy (non-hydrogen) atoms. The molecule has 0 aliphatic carbocycles. The Bertz CT molecular complexity index is 523. The highest BCUT2D eigenvalue weighted by atomic mass is 19.1. The molecule has 2 rings (SSSR count). The van der Waals surface area contributed by atoms with E-state index in [-0.39, 0.29) is 5.56 Å². The molecule has 5 heteroatoms. The van der Waals surface area contributed by atoms with Gasteiger partial charge in [-0.15, -0.1) is 0 Å². The number of H-pyrrole nitrogens is 1. The SMILES string of the molecule is Cc1ccc(C(=O)NCc2ccn[nH]2)c(F)c1. The average Bonchev–Trinajstić information content (AvgIpc) is 2.78. The van der Waals surface area contributed by atoms with E-state index in [2.05, 4.69) is 15.5 Å². The third kappa shape index (κ3) is 2.69. The number of carbonyl (C=O) groups is 1. The Kier molecular flexibility index (Phi) is 3.18. The lowest BCUT2D eigenvalue weighted by Gasteiger charge is -2.05. The monoisotopic (exact) mass is 233 g/mol. The molecule has 0 aliphatic rings. The average molecular weight is 233 g/mol. The molecule has 0 radical (unpaired) electrons. The van der Waals surface area contributed by atoms with Crippen LogP contribution in [0.3, 0.4) is 0 Å². The maximum atomic E-state index is 13.5. The predicted molar refractivity (Wildman–Crippen MR) is 60.9 cm³/mol. The fourth-order valence-electron chi connectivity index (χ4n) is 1.46. The van der Waals surface area contributed by atoms with E-state index in [0.29, 0.717) is 6.54 Å². The van der Waals surface area contributed by atoms with Crippen molar-refractivity contribution >= 4 is 5.91 Å². The van der Waals surface area contributed by atoms with E-state index in [1.807, 2.05) is 0 Å². The van der Waals surface area contributed by atoms with Crippen molar-refractivity contribution in [3.63, 3.8) is 0 Å². The van der Waals surface area contributed by atoms with Crippen LogP contribution in [0.5, 0.6) is 0 Å². The summed E-state index contributed by atoms with van der Waals surface area (Å²) in [6, 6.07) is 6.26. The first-order valence-corrected chi connectivity index (χ1v) is 5.19. The molecule has 88 valence electrons. The summed E-state index contributed by atoms with van der Waals surface area (Å²) in [6.45, 7) is 2.07. The minimum atomic E-state index is -0.507. The van der Waals surface area contributed by atoms with Gasteiger partial charge in [0, 0.05) is 6.20 Å². The molecule has 0 saturated heterocycles. The minimum Gasteiger partial charge on any atom is -0.346 e. The van der Waals surface area contributed by atoms with Crippen molar-refractivity contribution in [3.05, 3.63) is 53.1 Å². The van der Waals surface area contributed by atoms with Crippen molar-refractivity contribution in [2.24, 2.45) is 0 Å². The van der Waals surface area contributed by atoms with E-state index < -0.39 is 11.7 Å². The summed E-state index contributed by atoms with van der Waals surface area (Å²) in [6.07, 6.45) is 1.59. The van der Waals surface area contributed by atoms with Gasteiger partial charge in [-0.3, -0.25) is 9.89 Å². The predicted octanol–water partition coefficient (Wildman–Crippen LogP) is 1.79. The summed E-state index contributed by atoms with van der Waals surface area (Å²) < 4.78 is 13.5. The molecule has 4 nitrogen and oxygen atoms in total. The van der Waals surface area contributed by atoms with Crippen molar-refractivity contribution < 1.29 is 9.18 Å². The first kappa shape index (κ1) is 11.3. The lowest BCUT2D eigenvalue weighted by molar-refractivity contribution is 0.0946. The number of hydrogen-bond donors (Lipinski definition) is 2. The second-order valence-corrected chi connectivity index (χ2v) is 3.75. The van der Waals surface area contributed by atoms with E-state index in [0.717, 1.165) is 11.3 Å². The number of aryl methyl sites for hydroxylation is 1. The van der Waals surface area contributed by atoms with E-state index >= 15 is 0 Å². The van der Waals surface area contributed by atoms with Crippen LogP contribution >= 0.6 is 0 Å². The second kappa shape index (κ2) is 4.78. The number of aromatic nitrogens is 2. The number of hydrogen-bond acceptors (Lipinski definition) is 2. The summed E-state index contributed by atoms with van der Waals surface area (Å²) in [5, 5.41) is 9.07. The van der Waals surface area contributed by atoms with Crippen molar-refractivity contribution in [2.45, 2.75) is 13.5 Å². The molecular formula is C12H12FN3O. The molecule has 0 saturated carbocycles. The van der Waals surface area contributed by atoms with Gasteiger partial charge in [0.15, 0.2) is 0 Å². The van der Waals surface area contributed by atoms with Gasteiger partial charge in [0.05, 0.1) is 17.8 Å². The van der Waals surface area contributed by atoms with E-state index in [4.69, 9.17) is 0 Å². The molecule has 1 heterocycles. The Balaban J connectivity index is 2.04. The van der Waals surface area contributed by atoms with Crippen LogP contribution in [0.4, 0.5) is 4.39 Å². The van der Waals surface area contributed by atoms with Crippen LogP contribution < -0.4 is 5.32 Å². The summed E-state index contributed by atoms with van der Waals surface area (Å²) in [5.41, 5.74) is 1.61. The first-order valence-electron chi connectivity index (χ1n) is 5.19. The fraction of sp³-hybridized carbons (Fsp3) is 0.167. The molecule has 0 aliphatic heterocycles. The molecule has 2 aromatic rings.